The Hall–Kier alpha value is -3.37. The first kappa shape index (κ1) is 27.2. The molecule has 0 bridgehead atoms. The van der Waals surface area contributed by atoms with E-state index in [-0.39, 0.29) is 23.7 Å². The van der Waals surface area contributed by atoms with Crippen LogP contribution in [0.3, 0.4) is 0 Å². The number of sulfone groups is 1. The molecule has 0 unspecified atom stereocenters. The van der Waals surface area contributed by atoms with Gasteiger partial charge in [-0.1, -0.05) is 12.1 Å². The summed E-state index contributed by atoms with van der Waals surface area (Å²) in [7, 11) is 0.878. The first-order valence-corrected chi connectivity index (χ1v) is 13.3. The van der Waals surface area contributed by atoms with E-state index >= 15 is 0 Å². The van der Waals surface area contributed by atoms with E-state index in [9.17, 15) is 8.42 Å². The van der Waals surface area contributed by atoms with Crippen LogP contribution in [0.25, 0.3) is 11.0 Å². The molecule has 0 aliphatic carbocycles. The number of anilines is 5. The second-order valence-corrected chi connectivity index (χ2v) is 11.9. The Kier molecular flexibility index (Phi) is 7.80. The van der Waals surface area contributed by atoms with Crippen LogP contribution >= 0.6 is 12.4 Å². The molecule has 2 aromatic carbocycles. The molecule has 2 aromatic heterocycles. The summed E-state index contributed by atoms with van der Waals surface area (Å²) >= 11 is 0. The number of imidazole rings is 1. The number of aromatic nitrogens is 4. The Bertz CT molecular complexity index is 1460. The normalized spacial score (nSPS) is 11.7. The highest BCUT2D eigenvalue weighted by atomic mass is 35.5. The summed E-state index contributed by atoms with van der Waals surface area (Å²) in [6.45, 7) is 6.32. The van der Waals surface area contributed by atoms with Gasteiger partial charge in [-0.2, -0.15) is 4.98 Å². The Balaban J connectivity index is 0.00000361. The number of fused-ring (bicyclic) bond motifs is 1. The molecule has 0 saturated carbocycles. The molecule has 4 rings (SSSR count). The molecule has 2 N–H and O–H groups in total. The van der Waals surface area contributed by atoms with Crippen molar-refractivity contribution in [3.05, 3.63) is 60.3 Å². The smallest absolute Gasteiger partial charge is 0.229 e. The van der Waals surface area contributed by atoms with Crippen molar-refractivity contribution in [2.24, 2.45) is 7.05 Å². The summed E-state index contributed by atoms with van der Waals surface area (Å²) in [6, 6.07) is 15.2. The van der Waals surface area contributed by atoms with Crippen LogP contribution in [-0.2, 0) is 22.6 Å². The molecule has 0 aliphatic heterocycles. The summed E-state index contributed by atoms with van der Waals surface area (Å²) < 4.78 is 25.0. The van der Waals surface area contributed by atoms with Gasteiger partial charge < -0.3 is 20.1 Å². The molecule has 11 heteroatoms. The molecule has 36 heavy (non-hydrogen) atoms. The summed E-state index contributed by atoms with van der Waals surface area (Å²) in [4.78, 5) is 15.7. The summed E-state index contributed by atoms with van der Waals surface area (Å²) in [5.74, 6) is 2.00. The summed E-state index contributed by atoms with van der Waals surface area (Å²) in [5.41, 5.74) is 4.30. The van der Waals surface area contributed by atoms with Crippen molar-refractivity contribution in [1.82, 2.24) is 19.5 Å². The first-order valence-electron chi connectivity index (χ1n) is 11.2. The van der Waals surface area contributed by atoms with Gasteiger partial charge in [-0.15, -0.1) is 12.4 Å². The molecule has 0 amide bonds. The Morgan fingerprint density at radius 2 is 1.72 bits per heavy atom. The fourth-order valence-electron chi connectivity index (χ4n) is 3.69. The Morgan fingerprint density at radius 3 is 2.36 bits per heavy atom. The maximum absolute atomic E-state index is 11.5. The molecule has 0 radical (unpaired) electrons. The van der Waals surface area contributed by atoms with Crippen molar-refractivity contribution in [2.75, 3.05) is 28.8 Å². The van der Waals surface area contributed by atoms with Crippen LogP contribution in [0, 0.1) is 0 Å². The summed E-state index contributed by atoms with van der Waals surface area (Å²) in [5, 5.41) is 6.62. The Labute approximate surface area is 218 Å². The van der Waals surface area contributed by atoms with E-state index < -0.39 is 9.84 Å². The maximum atomic E-state index is 11.5. The third kappa shape index (κ3) is 6.64. The molecule has 0 atom stereocenters. The maximum Gasteiger partial charge on any atom is 0.229 e. The highest BCUT2D eigenvalue weighted by Gasteiger charge is 2.16. The van der Waals surface area contributed by atoms with Gasteiger partial charge in [0, 0.05) is 43.5 Å². The minimum atomic E-state index is -3.07. The number of hydrogen-bond donors (Lipinski definition) is 2. The second-order valence-electron chi connectivity index (χ2n) is 9.73. The molecule has 0 fully saturated rings. The molecule has 192 valence electrons. The molecular weight excluding hydrogens is 498 g/mol. The molecule has 0 spiro atoms. The minimum Gasteiger partial charge on any atom is -0.351 e. The van der Waals surface area contributed by atoms with E-state index in [0.717, 1.165) is 39.7 Å². The Morgan fingerprint density at radius 1 is 1.03 bits per heavy atom. The van der Waals surface area contributed by atoms with Crippen molar-refractivity contribution in [3.63, 3.8) is 0 Å². The topological polar surface area (TPSA) is 105 Å². The van der Waals surface area contributed by atoms with Crippen molar-refractivity contribution >= 4 is 62.4 Å². The zero-order chi connectivity index (χ0) is 25.4. The lowest BCUT2D eigenvalue weighted by Crippen LogP contribution is -2.27. The number of nitrogens with zero attached hydrogens (tertiary/aromatic N) is 5. The third-order valence-electron chi connectivity index (χ3n) is 5.36. The van der Waals surface area contributed by atoms with Crippen LogP contribution in [0.5, 0.6) is 0 Å². The van der Waals surface area contributed by atoms with Crippen molar-refractivity contribution in [1.29, 1.82) is 0 Å². The van der Waals surface area contributed by atoms with Crippen LogP contribution < -0.4 is 15.5 Å². The van der Waals surface area contributed by atoms with E-state index in [1.54, 1.807) is 18.3 Å². The number of nitrogens with one attached hydrogen (secondary N) is 2. The van der Waals surface area contributed by atoms with E-state index in [0.29, 0.717) is 5.95 Å². The molecule has 0 aliphatic rings. The van der Waals surface area contributed by atoms with Gasteiger partial charge >= 0.3 is 0 Å². The number of hydrogen-bond acceptors (Lipinski definition) is 8. The van der Waals surface area contributed by atoms with Crippen LogP contribution in [0.1, 0.15) is 26.3 Å². The van der Waals surface area contributed by atoms with Crippen LogP contribution in [0.15, 0.2) is 54.7 Å². The van der Waals surface area contributed by atoms with E-state index in [2.05, 4.69) is 52.0 Å². The number of halogens is 1. The fraction of sp³-hybridized carbons (Fsp3) is 0.320. The van der Waals surface area contributed by atoms with Gasteiger partial charge in [0.15, 0.2) is 9.84 Å². The predicted molar refractivity (Wildman–Crippen MR) is 150 cm³/mol. The fourth-order valence-corrected chi connectivity index (χ4v) is 4.49. The van der Waals surface area contributed by atoms with Gasteiger partial charge in [-0.05, 0) is 62.7 Å². The standard InChI is InChI=1S/C25H31N7O2S.ClH/c1-25(2,3)30-24-28-20-15-19(11-12-21(20)32(24)5)31(4)22-13-14-26-23(29-22)27-18-9-7-17(8-10-18)16-35(6,33)34;/h7-15H,16H2,1-6H3,(H,28,30)(H,26,27,29);1H. The molecule has 9 nitrogen and oxygen atoms in total. The SMILES string of the molecule is CN(c1ccc2c(c1)nc(NC(C)(C)C)n2C)c1ccnc(Nc2ccc(CS(C)(=O)=O)cc2)n1.Cl. The van der Waals surface area contributed by atoms with Gasteiger partial charge in [-0.25, -0.2) is 18.4 Å². The van der Waals surface area contributed by atoms with E-state index in [4.69, 9.17) is 4.98 Å². The van der Waals surface area contributed by atoms with E-state index in [1.807, 2.05) is 49.3 Å². The molecule has 4 aromatic rings. The monoisotopic (exact) mass is 529 g/mol. The molecule has 2 heterocycles. The lowest BCUT2D eigenvalue weighted by atomic mass is 10.1. The average Bonchev–Trinajstić information content (AvgIpc) is 3.07. The number of rotatable bonds is 7. The van der Waals surface area contributed by atoms with Crippen LogP contribution in [0.4, 0.5) is 29.1 Å². The predicted octanol–water partition coefficient (Wildman–Crippen LogP) is 5.05. The highest BCUT2D eigenvalue weighted by molar-refractivity contribution is 7.89. The number of aryl methyl sites for hydroxylation is 1. The lowest BCUT2D eigenvalue weighted by Gasteiger charge is -2.21. The van der Waals surface area contributed by atoms with Gasteiger partial charge in [0.05, 0.1) is 16.8 Å². The van der Waals surface area contributed by atoms with Crippen molar-refractivity contribution in [2.45, 2.75) is 32.1 Å². The van der Waals surface area contributed by atoms with Crippen LogP contribution in [0.2, 0.25) is 0 Å². The number of benzene rings is 2. The molecule has 0 saturated heterocycles. The van der Waals surface area contributed by atoms with Gasteiger partial charge in [0.25, 0.3) is 0 Å². The zero-order valence-electron chi connectivity index (χ0n) is 21.3. The minimum absolute atomic E-state index is 0. The van der Waals surface area contributed by atoms with Gasteiger partial charge in [-0.3, -0.25) is 0 Å². The average molecular weight is 530 g/mol. The quantitative estimate of drug-likeness (QED) is 0.342. The zero-order valence-corrected chi connectivity index (χ0v) is 22.9. The van der Waals surface area contributed by atoms with Gasteiger partial charge in [0.1, 0.15) is 5.82 Å². The third-order valence-corrected chi connectivity index (χ3v) is 6.22. The largest absolute Gasteiger partial charge is 0.351 e. The van der Waals surface area contributed by atoms with E-state index in [1.165, 1.54) is 6.26 Å². The lowest BCUT2D eigenvalue weighted by molar-refractivity contribution is 0.601. The second kappa shape index (κ2) is 10.3. The first-order chi connectivity index (χ1) is 16.4. The van der Waals surface area contributed by atoms with Gasteiger partial charge in [0.2, 0.25) is 11.9 Å². The summed E-state index contributed by atoms with van der Waals surface area (Å²) in [6.07, 6.45) is 2.92. The highest BCUT2D eigenvalue weighted by Crippen LogP contribution is 2.28. The van der Waals surface area contributed by atoms with Crippen molar-refractivity contribution in [3.8, 4) is 0 Å². The van der Waals surface area contributed by atoms with Crippen LogP contribution in [-0.4, -0.2) is 46.8 Å². The van der Waals surface area contributed by atoms with Crippen molar-refractivity contribution < 1.29 is 8.42 Å². The molecular formula is C25H32ClN7O2S.